The summed E-state index contributed by atoms with van der Waals surface area (Å²) in [6, 6.07) is 13.5. The van der Waals surface area contributed by atoms with Crippen LogP contribution in [0.15, 0.2) is 60.9 Å². The number of ether oxygens (including phenoxy) is 1. The molecular formula is C20H18ClFN2O2. The van der Waals surface area contributed by atoms with Crippen LogP contribution >= 0.6 is 11.6 Å². The van der Waals surface area contributed by atoms with Crippen molar-refractivity contribution in [3.05, 3.63) is 82.9 Å². The maximum Gasteiger partial charge on any atom is 0.156 e. The molecule has 0 amide bonds. The van der Waals surface area contributed by atoms with Crippen LogP contribution in [-0.2, 0) is 0 Å². The number of aryl methyl sites for hydroxylation is 1. The van der Waals surface area contributed by atoms with Crippen LogP contribution in [0.4, 0.5) is 10.1 Å². The quantitative estimate of drug-likeness (QED) is 0.633. The third kappa shape index (κ3) is 3.79. The number of aliphatic hydroxyl groups is 1. The number of aliphatic hydroxyl groups excluding tert-OH is 1. The van der Waals surface area contributed by atoms with Gasteiger partial charge in [0.05, 0.1) is 11.2 Å². The molecule has 1 atom stereocenters. The maximum absolute atomic E-state index is 13.3. The second kappa shape index (κ2) is 7.72. The fraction of sp³-hybridized carbons (Fsp3) is 0.150. The molecule has 0 saturated carbocycles. The fourth-order valence-corrected chi connectivity index (χ4v) is 2.83. The zero-order valence-corrected chi connectivity index (χ0v) is 15.1. The lowest BCUT2D eigenvalue weighted by Crippen LogP contribution is -2.24. The van der Waals surface area contributed by atoms with Gasteiger partial charge in [-0.3, -0.25) is 4.98 Å². The van der Waals surface area contributed by atoms with Gasteiger partial charge in [0.15, 0.2) is 12.0 Å². The number of nitrogens with zero attached hydrogens (tertiary/aromatic N) is 2. The zero-order chi connectivity index (χ0) is 18.7. The molecule has 0 bridgehead atoms. The number of benzene rings is 2. The molecule has 0 aliphatic heterocycles. The van der Waals surface area contributed by atoms with E-state index in [4.69, 9.17) is 16.3 Å². The third-order valence-corrected chi connectivity index (χ3v) is 4.37. The van der Waals surface area contributed by atoms with E-state index in [0.717, 1.165) is 11.3 Å². The number of halogens is 2. The Morgan fingerprint density at radius 1 is 1.19 bits per heavy atom. The molecule has 1 N–H and O–H groups in total. The van der Waals surface area contributed by atoms with Crippen molar-refractivity contribution >= 4 is 17.3 Å². The van der Waals surface area contributed by atoms with Crippen LogP contribution in [0.5, 0.6) is 11.5 Å². The van der Waals surface area contributed by atoms with Crippen molar-refractivity contribution in [3.63, 3.8) is 0 Å². The van der Waals surface area contributed by atoms with Crippen molar-refractivity contribution in [2.24, 2.45) is 0 Å². The van der Waals surface area contributed by atoms with Crippen LogP contribution in [0, 0.1) is 12.7 Å². The van der Waals surface area contributed by atoms with Crippen molar-refractivity contribution in [2.45, 2.75) is 13.2 Å². The van der Waals surface area contributed by atoms with E-state index in [2.05, 4.69) is 4.98 Å². The summed E-state index contributed by atoms with van der Waals surface area (Å²) in [7, 11) is 1.80. The minimum absolute atomic E-state index is 0.0366. The summed E-state index contributed by atoms with van der Waals surface area (Å²) in [6.07, 6.45) is 2.13. The first-order valence-electron chi connectivity index (χ1n) is 8.00. The van der Waals surface area contributed by atoms with E-state index in [1.54, 1.807) is 24.2 Å². The normalized spacial score (nSPS) is 11.9. The smallest absolute Gasteiger partial charge is 0.156 e. The number of para-hydroxylation sites is 1. The molecule has 134 valence electrons. The highest BCUT2D eigenvalue weighted by atomic mass is 35.5. The molecular weight excluding hydrogens is 355 g/mol. The molecule has 0 aliphatic rings. The van der Waals surface area contributed by atoms with E-state index in [-0.39, 0.29) is 5.02 Å². The minimum atomic E-state index is -0.954. The second-order valence-corrected chi connectivity index (χ2v) is 6.27. The molecule has 4 nitrogen and oxygen atoms in total. The summed E-state index contributed by atoms with van der Waals surface area (Å²) in [5.74, 6) is 0.198. The average Bonchev–Trinajstić information content (AvgIpc) is 2.64. The van der Waals surface area contributed by atoms with Crippen molar-refractivity contribution in [1.82, 2.24) is 4.98 Å². The molecule has 2 aromatic carbocycles. The largest absolute Gasteiger partial charge is 0.455 e. The molecule has 3 rings (SSSR count). The average molecular weight is 373 g/mol. The summed E-state index contributed by atoms with van der Waals surface area (Å²) < 4.78 is 19.1. The molecule has 0 saturated heterocycles. The summed E-state index contributed by atoms with van der Waals surface area (Å²) in [5, 5.41) is 10.8. The lowest BCUT2D eigenvalue weighted by Gasteiger charge is -2.28. The fourth-order valence-electron chi connectivity index (χ4n) is 2.66. The molecule has 26 heavy (non-hydrogen) atoms. The van der Waals surface area contributed by atoms with Crippen molar-refractivity contribution in [1.29, 1.82) is 0 Å². The van der Waals surface area contributed by atoms with Crippen LogP contribution in [0.25, 0.3) is 0 Å². The summed E-state index contributed by atoms with van der Waals surface area (Å²) >= 11 is 5.80. The SMILES string of the molecule is Cc1ccccc1N(C)C(O)c1ccncc1Oc1ccc(F)c(Cl)c1. The summed E-state index contributed by atoms with van der Waals surface area (Å²) in [6.45, 7) is 1.98. The topological polar surface area (TPSA) is 45.6 Å². The van der Waals surface area contributed by atoms with Gasteiger partial charge in [-0.1, -0.05) is 29.8 Å². The highest BCUT2D eigenvalue weighted by Crippen LogP contribution is 2.34. The number of anilines is 1. The van der Waals surface area contributed by atoms with Crippen molar-refractivity contribution < 1.29 is 14.2 Å². The highest BCUT2D eigenvalue weighted by molar-refractivity contribution is 6.30. The Labute approximate surface area is 156 Å². The number of pyridine rings is 1. The van der Waals surface area contributed by atoms with E-state index >= 15 is 0 Å². The molecule has 3 aromatic rings. The predicted molar refractivity (Wildman–Crippen MR) is 100 cm³/mol. The number of rotatable bonds is 5. The minimum Gasteiger partial charge on any atom is -0.455 e. The zero-order valence-electron chi connectivity index (χ0n) is 14.4. The first-order chi connectivity index (χ1) is 12.5. The Morgan fingerprint density at radius 2 is 1.96 bits per heavy atom. The van der Waals surface area contributed by atoms with E-state index in [1.165, 1.54) is 24.4 Å². The molecule has 0 fully saturated rings. The molecule has 1 heterocycles. The Bertz CT molecular complexity index is 920. The maximum atomic E-state index is 13.3. The first-order valence-corrected chi connectivity index (χ1v) is 8.38. The second-order valence-electron chi connectivity index (χ2n) is 5.86. The molecule has 0 spiro atoms. The van der Waals surface area contributed by atoms with Crippen LogP contribution < -0.4 is 9.64 Å². The Morgan fingerprint density at radius 3 is 2.69 bits per heavy atom. The Kier molecular flexibility index (Phi) is 5.40. The standard InChI is InChI=1S/C20H18ClFN2O2/c1-13-5-3-4-6-18(13)24(2)20(25)15-9-10-23-12-19(15)26-14-7-8-17(22)16(21)11-14/h3-12,20,25H,1-2H3. The molecule has 6 heteroatoms. The van der Waals surface area contributed by atoms with Gasteiger partial charge >= 0.3 is 0 Å². The first kappa shape index (κ1) is 18.2. The molecule has 1 unspecified atom stereocenters. The van der Waals surface area contributed by atoms with Gasteiger partial charge in [-0.25, -0.2) is 4.39 Å². The van der Waals surface area contributed by atoms with E-state index in [0.29, 0.717) is 17.1 Å². The number of hydrogen-bond acceptors (Lipinski definition) is 4. The lowest BCUT2D eigenvalue weighted by atomic mass is 10.1. The Balaban J connectivity index is 1.91. The molecule has 0 radical (unpaired) electrons. The van der Waals surface area contributed by atoms with Gasteiger partial charge in [0.2, 0.25) is 0 Å². The highest BCUT2D eigenvalue weighted by Gasteiger charge is 2.20. The summed E-state index contributed by atoms with van der Waals surface area (Å²) in [5.41, 5.74) is 2.47. The van der Waals surface area contributed by atoms with E-state index < -0.39 is 12.0 Å². The van der Waals surface area contributed by atoms with Gasteiger partial charge in [-0.05, 0) is 36.8 Å². The van der Waals surface area contributed by atoms with Crippen LogP contribution in [-0.4, -0.2) is 17.1 Å². The van der Waals surface area contributed by atoms with Gasteiger partial charge < -0.3 is 14.7 Å². The van der Waals surface area contributed by atoms with Gasteiger partial charge in [-0.15, -0.1) is 0 Å². The predicted octanol–water partition coefficient (Wildman–Crippen LogP) is 5.10. The van der Waals surface area contributed by atoms with Crippen LogP contribution in [0.2, 0.25) is 5.02 Å². The van der Waals surface area contributed by atoms with Gasteiger partial charge in [0.1, 0.15) is 11.6 Å². The van der Waals surface area contributed by atoms with E-state index in [9.17, 15) is 9.50 Å². The monoisotopic (exact) mass is 372 g/mol. The van der Waals surface area contributed by atoms with Gasteiger partial charge in [-0.2, -0.15) is 0 Å². The van der Waals surface area contributed by atoms with E-state index in [1.807, 2.05) is 31.2 Å². The van der Waals surface area contributed by atoms with Gasteiger partial charge in [0, 0.05) is 30.6 Å². The number of aromatic nitrogens is 1. The van der Waals surface area contributed by atoms with Crippen LogP contribution in [0.1, 0.15) is 17.4 Å². The third-order valence-electron chi connectivity index (χ3n) is 4.08. The number of hydrogen-bond donors (Lipinski definition) is 1. The van der Waals surface area contributed by atoms with Crippen molar-refractivity contribution in [2.75, 3.05) is 11.9 Å². The molecule has 0 aliphatic carbocycles. The lowest BCUT2D eigenvalue weighted by molar-refractivity contribution is 0.174. The van der Waals surface area contributed by atoms with Crippen molar-refractivity contribution in [3.8, 4) is 11.5 Å². The summed E-state index contributed by atoms with van der Waals surface area (Å²) in [4.78, 5) is 5.80. The van der Waals surface area contributed by atoms with Gasteiger partial charge in [0.25, 0.3) is 0 Å². The molecule has 1 aromatic heterocycles. The van der Waals surface area contributed by atoms with Crippen LogP contribution in [0.3, 0.4) is 0 Å². The Hall–Kier alpha value is -2.63.